The fourth-order valence-corrected chi connectivity index (χ4v) is 2.01. The number of nitrogens with one attached hydrogen (secondary N) is 2. The van der Waals surface area contributed by atoms with E-state index in [9.17, 15) is 4.79 Å². The van der Waals surface area contributed by atoms with Crippen LogP contribution in [0.15, 0.2) is 33.5 Å². The molecule has 5 nitrogen and oxygen atoms in total. The Balaban J connectivity index is 2.03. The molecule has 21 heavy (non-hydrogen) atoms. The molecule has 2 rings (SSSR count). The molecule has 0 radical (unpaired) electrons. The molecule has 1 aromatic carbocycles. The molecule has 0 saturated carbocycles. The summed E-state index contributed by atoms with van der Waals surface area (Å²) in [5.74, 6) is 0.557. The molecule has 0 saturated heterocycles. The molecule has 0 fully saturated rings. The largest absolute Gasteiger partial charge is 0.492 e. The minimum atomic E-state index is -0.407. The van der Waals surface area contributed by atoms with Gasteiger partial charge in [0.2, 0.25) is 0 Å². The quantitative estimate of drug-likeness (QED) is 0.500. The van der Waals surface area contributed by atoms with Crippen molar-refractivity contribution in [3.63, 3.8) is 0 Å². The van der Waals surface area contributed by atoms with Gasteiger partial charge in [-0.2, -0.15) is 0 Å². The molecular weight excluding hydrogens is 288 g/mol. The second-order valence-electron chi connectivity index (χ2n) is 4.64. The SMILES string of the molecule is CNC(=S)NCCCOc1cc(=O)oc2ccc(C)cc12. The molecule has 0 unspecified atom stereocenters. The maximum Gasteiger partial charge on any atom is 0.339 e. The van der Waals surface area contributed by atoms with Crippen molar-refractivity contribution in [3.8, 4) is 5.75 Å². The van der Waals surface area contributed by atoms with Crippen LogP contribution in [0.25, 0.3) is 11.0 Å². The Kier molecular flexibility index (Phi) is 5.16. The van der Waals surface area contributed by atoms with Crippen molar-refractivity contribution in [1.29, 1.82) is 0 Å². The van der Waals surface area contributed by atoms with Crippen molar-refractivity contribution in [2.75, 3.05) is 20.2 Å². The number of rotatable bonds is 5. The first-order chi connectivity index (χ1) is 10.1. The predicted molar refractivity (Wildman–Crippen MR) is 87.0 cm³/mol. The van der Waals surface area contributed by atoms with Crippen LogP contribution < -0.4 is 21.0 Å². The van der Waals surface area contributed by atoms with Gasteiger partial charge >= 0.3 is 5.63 Å². The van der Waals surface area contributed by atoms with Crippen LogP contribution in [0.2, 0.25) is 0 Å². The van der Waals surface area contributed by atoms with Gasteiger partial charge in [0.1, 0.15) is 11.3 Å². The Bertz CT molecular complexity index is 697. The van der Waals surface area contributed by atoms with Gasteiger partial charge < -0.3 is 19.8 Å². The van der Waals surface area contributed by atoms with Crippen molar-refractivity contribution in [1.82, 2.24) is 10.6 Å². The summed E-state index contributed by atoms with van der Waals surface area (Å²) in [4.78, 5) is 11.5. The highest BCUT2D eigenvalue weighted by molar-refractivity contribution is 7.80. The lowest BCUT2D eigenvalue weighted by atomic mass is 10.1. The van der Waals surface area contributed by atoms with Crippen molar-refractivity contribution < 1.29 is 9.15 Å². The number of hydrogen-bond donors (Lipinski definition) is 2. The lowest BCUT2D eigenvalue weighted by Crippen LogP contribution is -2.33. The molecule has 0 aliphatic rings. The molecule has 0 aliphatic heterocycles. The van der Waals surface area contributed by atoms with Crippen molar-refractivity contribution >= 4 is 28.3 Å². The fourth-order valence-electron chi connectivity index (χ4n) is 1.91. The summed E-state index contributed by atoms with van der Waals surface area (Å²) in [5, 5.41) is 7.29. The summed E-state index contributed by atoms with van der Waals surface area (Å²) in [5.41, 5.74) is 1.22. The lowest BCUT2D eigenvalue weighted by molar-refractivity contribution is 0.312. The van der Waals surface area contributed by atoms with Gasteiger partial charge in [-0.1, -0.05) is 11.6 Å². The first kappa shape index (κ1) is 15.3. The summed E-state index contributed by atoms with van der Waals surface area (Å²) in [7, 11) is 1.77. The van der Waals surface area contributed by atoms with E-state index in [0.717, 1.165) is 17.4 Å². The van der Waals surface area contributed by atoms with E-state index < -0.39 is 5.63 Å². The average Bonchev–Trinajstić information content (AvgIpc) is 2.47. The van der Waals surface area contributed by atoms with Crippen LogP contribution in [0.1, 0.15) is 12.0 Å². The minimum Gasteiger partial charge on any atom is -0.492 e. The molecular formula is C15H18N2O3S. The zero-order chi connectivity index (χ0) is 15.2. The standard InChI is InChI=1S/C15H18N2O3S/c1-10-4-5-12-11(8-10)13(9-14(18)20-12)19-7-3-6-17-15(21)16-2/h4-5,8-9H,3,6-7H2,1-2H3,(H2,16,17,21). The van der Waals surface area contributed by atoms with E-state index in [2.05, 4.69) is 10.6 Å². The zero-order valence-corrected chi connectivity index (χ0v) is 12.9. The second kappa shape index (κ2) is 7.08. The van der Waals surface area contributed by atoms with Crippen molar-refractivity contribution in [2.24, 2.45) is 0 Å². The van der Waals surface area contributed by atoms with E-state index in [1.54, 1.807) is 13.1 Å². The first-order valence-corrected chi connectivity index (χ1v) is 7.14. The third-order valence-corrected chi connectivity index (χ3v) is 3.30. The van der Waals surface area contributed by atoms with Gasteiger partial charge in [-0.15, -0.1) is 0 Å². The summed E-state index contributed by atoms with van der Waals surface area (Å²) < 4.78 is 10.9. The van der Waals surface area contributed by atoms with E-state index in [0.29, 0.717) is 29.6 Å². The molecule has 2 aromatic rings. The summed E-state index contributed by atoms with van der Waals surface area (Å²) in [6.07, 6.45) is 0.773. The van der Waals surface area contributed by atoms with Crippen LogP contribution in [0.4, 0.5) is 0 Å². The van der Waals surface area contributed by atoms with Crippen molar-refractivity contribution in [2.45, 2.75) is 13.3 Å². The van der Waals surface area contributed by atoms with Crippen molar-refractivity contribution in [3.05, 3.63) is 40.2 Å². The lowest BCUT2D eigenvalue weighted by Gasteiger charge is -2.10. The minimum absolute atomic E-state index is 0.407. The number of aryl methyl sites for hydroxylation is 1. The predicted octanol–water partition coefficient (Wildman–Crippen LogP) is 1.96. The van der Waals surface area contributed by atoms with E-state index in [1.807, 2.05) is 19.1 Å². The molecule has 1 heterocycles. The van der Waals surface area contributed by atoms with Crippen LogP contribution >= 0.6 is 12.2 Å². The molecule has 0 spiro atoms. The van der Waals surface area contributed by atoms with Crippen LogP contribution in [0.3, 0.4) is 0 Å². The van der Waals surface area contributed by atoms with Gasteiger partial charge in [0.15, 0.2) is 5.11 Å². The Labute approximate surface area is 128 Å². The fraction of sp³-hybridized carbons (Fsp3) is 0.333. The topological polar surface area (TPSA) is 63.5 Å². The highest BCUT2D eigenvalue weighted by atomic mass is 32.1. The Morgan fingerprint density at radius 3 is 2.95 bits per heavy atom. The zero-order valence-electron chi connectivity index (χ0n) is 12.1. The maximum absolute atomic E-state index is 11.5. The van der Waals surface area contributed by atoms with Crippen LogP contribution in [-0.2, 0) is 0 Å². The van der Waals surface area contributed by atoms with Gasteiger partial charge in [0.05, 0.1) is 18.1 Å². The van der Waals surface area contributed by atoms with E-state index in [1.165, 1.54) is 6.07 Å². The Hall–Kier alpha value is -2.08. The third kappa shape index (κ3) is 4.19. The number of ether oxygens (including phenoxy) is 1. The number of hydrogen-bond acceptors (Lipinski definition) is 4. The number of thiocarbonyl (C=S) groups is 1. The number of benzene rings is 1. The summed E-state index contributed by atoms with van der Waals surface area (Å²) >= 11 is 4.98. The molecule has 112 valence electrons. The van der Waals surface area contributed by atoms with Crippen LogP contribution in [0.5, 0.6) is 5.75 Å². The van der Waals surface area contributed by atoms with E-state index >= 15 is 0 Å². The molecule has 6 heteroatoms. The second-order valence-corrected chi connectivity index (χ2v) is 5.05. The van der Waals surface area contributed by atoms with E-state index in [4.69, 9.17) is 21.4 Å². The molecule has 0 aliphatic carbocycles. The van der Waals surface area contributed by atoms with Gasteiger partial charge in [-0.25, -0.2) is 4.79 Å². The smallest absolute Gasteiger partial charge is 0.339 e. The monoisotopic (exact) mass is 306 g/mol. The molecule has 0 bridgehead atoms. The van der Waals surface area contributed by atoms with E-state index in [-0.39, 0.29) is 0 Å². The molecule has 1 aromatic heterocycles. The van der Waals surface area contributed by atoms with Crippen LogP contribution in [0, 0.1) is 6.92 Å². The summed E-state index contributed by atoms with van der Waals surface area (Å²) in [6.45, 7) is 3.18. The summed E-state index contributed by atoms with van der Waals surface area (Å²) in [6, 6.07) is 7.01. The third-order valence-electron chi connectivity index (χ3n) is 2.95. The highest BCUT2D eigenvalue weighted by Gasteiger charge is 2.07. The van der Waals surface area contributed by atoms with Gasteiger partial charge in [0, 0.05) is 13.6 Å². The van der Waals surface area contributed by atoms with Gasteiger partial charge in [-0.05, 0) is 37.7 Å². The Morgan fingerprint density at radius 1 is 1.38 bits per heavy atom. The molecule has 0 atom stereocenters. The maximum atomic E-state index is 11.5. The average molecular weight is 306 g/mol. The van der Waals surface area contributed by atoms with Gasteiger partial charge in [0.25, 0.3) is 0 Å². The highest BCUT2D eigenvalue weighted by Crippen LogP contribution is 2.24. The van der Waals surface area contributed by atoms with Crippen LogP contribution in [-0.4, -0.2) is 25.3 Å². The Morgan fingerprint density at radius 2 is 2.19 bits per heavy atom. The molecule has 2 N–H and O–H groups in total. The van der Waals surface area contributed by atoms with Gasteiger partial charge in [-0.3, -0.25) is 0 Å². The normalized spacial score (nSPS) is 10.4. The first-order valence-electron chi connectivity index (χ1n) is 6.73. The number of fused-ring (bicyclic) bond motifs is 1. The molecule has 0 amide bonds.